The fraction of sp³-hybridized carbons (Fsp3) is 0.542. The number of benzene rings is 1. The lowest BCUT2D eigenvalue weighted by atomic mass is 9.88. The number of halogens is 1. The topological polar surface area (TPSA) is 17.1 Å². The lowest BCUT2D eigenvalue weighted by Crippen LogP contribution is -2.10. The van der Waals surface area contributed by atoms with Crippen LogP contribution in [0.5, 0.6) is 0 Å². The summed E-state index contributed by atoms with van der Waals surface area (Å²) in [6.45, 7) is 12.9. The molecule has 0 bridgehead atoms. The molecule has 1 aromatic carbocycles. The molecule has 144 valence electrons. The molecule has 1 rings (SSSR count). The van der Waals surface area contributed by atoms with Gasteiger partial charge in [0.2, 0.25) is 0 Å². The maximum atomic E-state index is 13.1. The molecule has 0 amide bonds. The summed E-state index contributed by atoms with van der Waals surface area (Å²) in [4.78, 5) is 13.1. The predicted molar refractivity (Wildman–Crippen MR) is 118 cm³/mol. The van der Waals surface area contributed by atoms with Crippen molar-refractivity contribution in [3.05, 3.63) is 56.1 Å². The first kappa shape index (κ1) is 22.9. The molecule has 0 spiro atoms. The van der Waals surface area contributed by atoms with E-state index in [1.165, 1.54) is 32.3 Å². The standard InChI is InChI=1S/C24H35BrO/c1-7-18(8-2)23(19(9-3)10-4)22(26)14-13-17-15-20(11-5)24(25)21(12-6)16-17/h7,15-16H,8-14H2,1-6H3/b18-7-. The van der Waals surface area contributed by atoms with Crippen molar-refractivity contribution in [1.82, 2.24) is 0 Å². The van der Waals surface area contributed by atoms with Crippen molar-refractivity contribution in [2.75, 3.05) is 0 Å². The zero-order valence-electron chi connectivity index (χ0n) is 17.5. The predicted octanol–water partition coefficient (Wildman–Crippen LogP) is 7.55. The van der Waals surface area contributed by atoms with E-state index in [4.69, 9.17) is 0 Å². The highest BCUT2D eigenvalue weighted by molar-refractivity contribution is 9.10. The van der Waals surface area contributed by atoms with Gasteiger partial charge in [-0.15, -0.1) is 0 Å². The first-order valence-corrected chi connectivity index (χ1v) is 11.0. The van der Waals surface area contributed by atoms with Gasteiger partial charge in [-0.2, -0.15) is 0 Å². The number of Topliss-reactive ketones (excluding diaryl/α,β-unsaturated/α-hetero) is 1. The van der Waals surface area contributed by atoms with Gasteiger partial charge in [0.05, 0.1) is 0 Å². The summed E-state index contributed by atoms with van der Waals surface area (Å²) in [5, 5.41) is 0. The normalized spacial score (nSPS) is 11.6. The summed E-state index contributed by atoms with van der Waals surface area (Å²) in [6, 6.07) is 4.52. The molecule has 26 heavy (non-hydrogen) atoms. The van der Waals surface area contributed by atoms with Crippen LogP contribution >= 0.6 is 15.9 Å². The largest absolute Gasteiger partial charge is 0.294 e. The minimum atomic E-state index is 0.303. The van der Waals surface area contributed by atoms with E-state index in [0.29, 0.717) is 12.2 Å². The van der Waals surface area contributed by atoms with Crippen molar-refractivity contribution in [3.8, 4) is 0 Å². The SMILES string of the molecule is C/C=C(/CC)C(C(=O)CCc1cc(CC)c(Br)c(CC)c1)=C(CC)CC. The Morgan fingerprint density at radius 1 is 0.962 bits per heavy atom. The molecule has 0 aliphatic rings. The minimum absolute atomic E-state index is 0.303. The zero-order chi connectivity index (χ0) is 19.7. The summed E-state index contributed by atoms with van der Waals surface area (Å²) in [6.07, 6.45) is 8.35. The third-order valence-corrected chi connectivity index (χ3v) is 6.24. The van der Waals surface area contributed by atoms with E-state index in [0.717, 1.165) is 44.1 Å². The van der Waals surface area contributed by atoms with Gasteiger partial charge in [-0.25, -0.2) is 0 Å². The lowest BCUT2D eigenvalue weighted by Gasteiger charge is -2.16. The number of rotatable bonds is 10. The van der Waals surface area contributed by atoms with E-state index < -0.39 is 0 Å². The number of ketones is 1. The minimum Gasteiger partial charge on any atom is -0.294 e. The number of hydrogen-bond acceptors (Lipinski definition) is 1. The molecule has 0 saturated carbocycles. The average molecular weight is 419 g/mol. The Kier molecular flexibility index (Phi) is 10.2. The third kappa shape index (κ3) is 5.67. The number of aryl methyl sites for hydroxylation is 3. The highest BCUT2D eigenvalue weighted by Gasteiger charge is 2.17. The van der Waals surface area contributed by atoms with E-state index in [1.54, 1.807) is 0 Å². The second kappa shape index (κ2) is 11.5. The Balaban J connectivity index is 3.11. The van der Waals surface area contributed by atoms with Crippen molar-refractivity contribution in [1.29, 1.82) is 0 Å². The van der Waals surface area contributed by atoms with E-state index >= 15 is 0 Å². The van der Waals surface area contributed by atoms with E-state index in [2.05, 4.69) is 68.8 Å². The molecule has 0 heterocycles. The van der Waals surface area contributed by atoms with Gasteiger partial charge in [0.1, 0.15) is 0 Å². The Bertz CT molecular complexity index is 648. The average Bonchev–Trinajstić information content (AvgIpc) is 2.67. The van der Waals surface area contributed by atoms with Crippen LogP contribution in [0, 0.1) is 0 Å². The number of carbonyl (C=O) groups is 1. The molecule has 0 unspecified atom stereocenters. The molecule has 0 fully saturated rings. The molecular formula is C24H35BrO. The van der Waals surface area contributed by atoms with Gasteiger partial charge in [0.15, 0.2) is 5.78 Å². The fourth-order valence-electron chi connectivity index (χ4n) is 3.60. The Morgan fingerprint density at radius 2 is 1.50 bits per heavy atom. The highest BCUT2D eigenvalue weighted by atomic mass is 79.9. The summed E-state index contributed by atoms with van der Waals surface area (Å²) in [5.41, 5.74) is 7.46. The maximum absolute atomic E-state index is 13.1. The maximum Gasteiger partial charge on any atom is 0.163 e. The van der Waals surface area contributed by atoms with Crippen LogP contribution in [0.3, 0.4) is 0 Å². The van der Waals surface area contributed by atoms with Gasteiger partial charge >= 0.3 is 0 Å². The lowest BCUT2D eigenvalue weighted by molar-refractivity contribution is -0.115. The van der Waals surface area contributed by atoms with Crippen LogP contribution in [0.15, 0.2) is 39.4 Å². The third-order valence-electron chi connectivity index (χ3n) is 5.22. The van der Waals surface area contributed by atoms with Gasteiger partial charge in [0.25, 0.3) is 0 Å². The van der Waals surface area contributed by atoms with Crippen molar-refractivity contribution in [3.63, 3.8) is 0 Å². The van der Waals surface area contributed by atoms with Crippen molar-refractivity contribution >= 4 is 21.7 Å². The van der Waals surface area contributed by atoms with Gasteiger partial charge in [-0.05, 0) is 67.7 Å². The van der Waals surface area contributed by atoms with Gasteiger partial charge < -0.3 is 0 Å². The number of allylic oxidation sites excluding steroid dienone is 4. The van der Waals surface area contributed by atoms with Gasteiger partial charge in [-0.3, -0.25) is 4.79 Å². The van der Waals surface area contributed by atoms with Gasteiger partial charge in [0, 0.05) is 16.5 Å². The molecule has 0 atom stereocenters. The molecule has 2 heteroatoms. The summed E-state index contributed by atoms with van der Waals surface area (Å²) in [7, 11) is 0. The smallest absolute Gasteiger partial charge is 0.163 e. The fourth-order valence-corrected chi connectivity index (χ4v) is 4.39. The number of hydrogen-bond donors (Lipinski definition) is 0. The van der Waals surface area contributed by atoms with Crippen LogP contribution in [0.2, 0.25) is 0 Å². The zero-order valence-corrected chi connectivity index (χ0v) is 19.1. The second-order valence-electron chi connectivity index (χ2n) is 6.71. The van der Waals surface area contributed by atoms with Crippen LogP contribution < -0.4 is 0 Å². The second-order valence-corrected chi connectivity index (χ2v) is 7.50. The van der Waals surface area contributed by atoms with Crippen LogP contribution in [0.1, 0.15) is 83.9 Å². The van der Waals surface area contributed by atoms with Crippen LogP contribution in [-0.4, -0.2) is 5.78 Å². The Labute approximate surface area is 169 Å². The summed E-state index contributed by atoms with van der Waals surface area (Å²) < 4.78 is 1.24. The van der Waals surface area contributed by atoms with E-state index in [1.807, 2.05) is 6.92 Å². The highest BCUT2D eigenvalue weighted by Crippen LogP contribution is 2.28. The first-order valence-electron chi connectivity index (χ1n) is 10.2. The quantitative estimate of drug-likeness (QED) is 0.283. The number of carbonyl (C=O) groups excluding carboxylic acids is 1. The summed E-state index contributed by atoms with van der Waals surface area (Å²) >= 11 is 3.73. The molecule has 1 nitrogen and oxygen atoms in total. The first-order chi connectivity index (χ1) is 12.5. The van der Waals surface area contributed by atoms with E-state index in [-0.39, 0.29) is 0 Å². The monoisotopic (exact) mass is 418 g/mol. The Hall–Kier alpha value is -1.15. The van der Waals surface area contributed by atoms with Gasteiger partial charge in [-0.1, -0.05) is 74.3 Å². The van der Waals surface area contributed by atoms with E-state index in [9.17, 15) is 4.79 Å². The van der Waals surface area contributed by atoms with Crippen LogP contribution in [0.4, 0.5) is 0 Å². The van der Waals surface area contributed by atoms with Crippen LogP contribution in [-0.2, 0) is 24.1 Å². The molecule has 0 saturated heterocycles. The molecular weight excluding hydrogens is 384 g/mol. The molecule has 0 radical (unpaired) electrons. The van der Waals surface area contributed by atoms with Crippen LogP contribution in [0.25, 0.3) is 0 Å². The molecule has 0 aliphatic carbocycles. The van der Waals surface area contributed by atoms with Crippen molar-refractivity contribution in [2.24, 2.45) is 0 Å². The molecule has 0 aliphatic heterocycles. The summed E-state index contributed by atoms with van der Waals surface area (Å²) in [5.74, 6) is 0.303. The van der Waals surface area contributed by atoms with Crippen molar-refractivity contribution < 1.29 is 4.79 Å². The van der Waals surface area contributed by atoms with Crippen molar-refractivity contribution in [2.45, 2.75) is 86.5 Å². The molecule has 1 aromatic rings. The molecule has 0 N–H and O–H groups in total. The molecule has 0 aromatic heterocycles. The Morgan fingerprint density at radius 3 is 1.88 bits per heavy atom.